The minimum absolute atomic E-state index is 0.109. The lowest BCUT2D eigenvalue weighted by molar-refractivity contribution is -0.384. The van der Waals surface area contributed by atoms with Crippen molar-refractivity contribution in [1.82, 2.24) is 5.32 Å². The van der Waals surface area contributed by atoms with Crippen LogP contribution in [0.4, 0.5) is 11.4 Å². The predicted octanol–water partition coefficient (Wildman–Crippen LogP) is 2.77. The Balaban J connectivity index is 2.33. The first-order valence-corrected chi connectivity index (χ1v) is 11.1. The number of sulfonamides is 1. The summed E-state index contributed by atoms with van der Waals surface area (Å²) in [4.78, 5) is 23.4. The van der Waals surface area contributed by atoms with E-state index in [0.29, 0.717) is 11.3 Å². The number of non-ortho nitro benzene ring substituents is 1. The fraction of sp³-hybridized carbons (Fsp3) is 0.350. The molecule has 0 saturated heterocycles. The average molecular weight is 436 g/mol. The van der Waals surface area contributed by atoms with Crippen LogP contribution in [0.25, 0.3) is 0 Å². The standard InChI is InChI=1S/C20H25N3O6S/c1-5-18(20(24)21-13-15-7-10-17(29-3)11-8-15)22(30(4,27)28)19-12-16(23(25)26)9-6-14(19)2/h6-12,18H,5,13H2,1-4H3,(H,21,24)/t18-/m1/s1. The molecule has 2 aromatic carbocycles. The Morgan fingerprint density at radius 3 is 2.37 bits per heavy atom. The molecule has 0 heterocycles. The van der Waals surface area contributed by atoms with E-state index < -0.39 is 26.9 Å². The number of carbonyl (C=O) groups is 1. The van der Waals surface area contributed by atoms with Crippen LogP contribution in [-0.4, -0.2) is 38.7 Å². The van der Waals surface area contributed by atoms with Gasteiger partial charge in [0.1, 0.15) is 11.8 Å². The zero-order valence-electron chi connectivity index (χ0n) is 17.3. The van der Waals surface area contributed by atoms with Gasteiger partial charge in [-0.25, -0.2) is 8.42 Å². The Kier molecular flexibility index (Phi) is 7.38. The maximum absolute atomic E-state index is 12.9. The van der Waals surface area contributed by atoms with Crippen LogP contribution in [-0.2, 0) is 21.4 Å². The smallest absolute Gasteiger partial charge is 0.271 e. The molecule has 0 radical (unpaired) electrons. The van der Waals surface area contributed by atoms with Gasteiger partial charge in [-0.15, -0.1) is 0 Å². The van der Waals surface area contributed by atoms with Gasteiger partial charge < -0.3 is 10.1 Å². The minimum Gasteiger partial charge on any atom is -0.497 e. The number of nitrogens with one attached hydrogen (secondary N) is 1. The fourth-order valence-corrected chi connectivity index (χ4v) is 4.30. The molecule has 0 aliphatic carbocycles. The third-order valence-corrected chi connectivity index (χ3v) is 5.76. The largest absolute Gasteiger partial charge is 0.497 e. The summed E-state index contributed by atoms with van der Waals surface area (Å²) in [6.07, 6.45) is 1.16. The lowest BCUT2D eigenvalue weighted by atomic mass is 10.1. The van der Waals surface area contributed by atoms with E-state index in [-0.39, 0.29) is 24.3 Å². The van der Waals surface area contributed by atoms with Crippen molar-refractivity contribution < 1.29 is 22.9 Å². The third kappa shape index (κ3) is 5.47. The van der Waals surface area contributed by atoms with E-state index >= 15 is 0 Å². The van der Waals surface area contributed by atoms with Crippen molar-refractivity contribution >= 4 is 27.3 Å². The van der Waals surface area contributed by atoms with Crippen LogP contribution in [0.5, 0.6) is 5.75 Å². The van der Waals surface area contributed by atoms with E-state index in [4.69, 9.17) is 4.74 Å². The van der Waals surface area contributed by atoms with Crippen molar-refractivity contribution in [2.75, 3.05) is 17.7 Å². The summed E-state index contributed by atoms with van der Waals surface area (Å²) in [5, 5.41) is 13.9. The molecule has 30 heavy (non-hydrogen) atoms. The number of nitrogens with zero attached hydrogens (tertiary/aromatic N) is 2. The zero-order valence-corrected chi connectivity index (χ0v) is 18.1. The number of hydrogen-bond acceptors (Lipinski definition) is 6. The van der Waals surface area contributed by atoms with Crippen LogP contribution in [0.3, 0.4) is 0 Å². The summed E-state index contributed by atoms with van der Waals surface area (Å²) in [6, 6.07) is 9.98. The van der Waals surface area contributed by atoms with Gasteiger partial charge in [0.05, 0.1) is 24.0 Å². The molecular formula is C20H25N3O6S. The Hall–Kier alpha value is -3.14. The lowest BCUT2D eigenvalue weighted by Gasteiger charge is -2.31. The van der Waals surface area contributed by atoms with Gasteiger partial charge in [-0.1, -0.05) is 25.1 Å². The van der Waals surface area contributed by atoms with Gasteiger partial charge in [0.25, 0.3) is 5.69 Å². The Morgan fingerprint density at radius 1 is 1.23 bits per heavy atom. The number of nitro groups is 1. The van der Waals surface area contributed by atoms with Crippen molar-refractivity contribution in [3.05, 3.63) is 63.7 Å². The molecule has 0 aliphatic heterocycles. The first-order valence-electron chi connectivity index (χ1n) is 9.23. The van der Waals surface area contributed by atoms with E-state index in [1.165, 1.54) is 18.2 Å². The van der Waals surface area contributed by atoms with Crippen molar-refractivity contribution in [2.24, 2.45) is 0 Å². The Labute approximate surface area is 175 Å². The number of rotatable bonds is 9. The molecule has 0 aliphatic rings. The Morgan fingerprint density at radius 2 is 1.87 bits per heavy atom. The number of amides is 1. The molecule has 0 bridgehead atoms. The molecule has 0 unspecified atom stereocenters. The van der Waals surface area contributed by atoms with Crippen molar-refractivity contribution in [2.45, 2.75) is 32.9 Å². The number of carbonyl (C=O) groups excluding carboxylic acids is 1. The molecule has 0 aromatic heterocycles. The number of hydrogen-bond donors (Lipinski definition) is 1. The molecular weight excluding hydrogens is 410 g/mol. The molecule has 0 fully saturated rings. The molecule has 2 aromatic rings. The number of aryl methyl sites for hydroxylation is 1. The number of nitro benzene ring substituents is 1. The van der Waals surface area contributed by atoms with Crippen LogP contribution >= 0.6 is 0 Å². The minimum atomic E-state index is -3.90. The summed E-state index contributed by atoms with van der Waals surface area (Å²) in [7, 11) is -2.34. The second-order valence-corrected chi connectivity index (χ2v) is 8.64. The second-order valence-electron chi connectivity index (χ2n) is 6.78. The first kappa shape index (κ1) is 23.1. The molecule has 9 nitrogen and oxygen atoms in total. The Bertz CT molecular complexity index is 1020. The van der Waals surface area contributed by atoms with Crippen molar-refractivity contribution in [3.8, 4) is 5.75 Å². The van der Waals surface area contributed by atoms with Gasteiger partial charge in [-0.2, -0.15) is 0 Å². The van der Waals surface area contributed by atoms with Gasteiger partial charge in [-0.05, 0) is 36.6 Å². The van der Waals surface area contributed by atoms with Crippen LogP contribution in [0.1, 0.15) is 24.5 Å². The van der Waals surface area contributed by atoms with Crippen molar-refractivity contribution in [3.63, 3.8) is 0 Å². The van der Waals surface area contributed by atoms with E-state index in [2.05, 4.69) is 5.32 Å². The molecule has 0 saturated carbocycles. The highest BCUT2D eigenvalue weighted by molar-refractivity contribution is 7.92. The van der Waals surface area contributed by atoms with Crippen LogP contribution in [0, 0.1) is 17.0 Å². The number of ether oxygens (including phenoxy) is 1. The lowest BCUT2D eigenvalue weighted by Crippen LogP contribution is -2.49. The van der Waals surface area contributed by atoms with Gasteiger partial charge in [0, 0.05) is 18.7 Å². The zero-order chi connectivity index (χ0) is 22.5. The normalized spacial score (nSPS) is 12.1. The first-order chi connectivity index (χ1) is 14.1. The van der Waals surface area contributed by atoms with Crippen molar-refractivity contribution in [1.29, 1.82) is 0 Å². The molecule has 2 rings (SSSR count). The van der Waals surface area contributed by atoms with E-state index in [9.17, 15) is 23.3 Å². The monoisotopic (exact) mass is 435 g/mol. The summed E-state index contributed by atoms with van der Waals surface area (Å²) in [6.45, 7) is 3.52. The summed E-state index contributed by atoms with van der Waals surface area (Å²) < 4.78 is 31.2. The van der Waals surface area contributed by atoms with Gasteiger partial charge >= 0.3 is 0 Å². The summed E-state index contributed by atoms with van der Waals surface area (Å²) in [5.74, 6) is 0.186. The van der Waals surface area contributed by atoms with Crippen LogP contribution in [0.15, 0.2) is 42.5 Å². The fourth-order valence-electron chi connectivity index (χ4n) is 3.03. The maximum atomic E-state index is 12.9. The molecule has 1 atom stereocenters. The van der Waals surface area contributed by atoms with Gasteiger partial charge in [0.15, 0.2) is 0 Å². The van der Waals surface area contributed by atoms with E-state index in [1.807, 2.05) is 0 Å². The van der Waals surface area contributed by atoms with Crippen LogP contribution in [0.2, 0.25) is 0 Å². The average Bonchev–Trinajstić information content (AvgIpc) is 2.70. The summed E-state index contributed by atoms with van der Waals surface area (Å²) in [5.41, 5.74) is 1.18. The molecule has 1 N–H and O–H groups in total. The second kappa shape index (κ2) is 9.57. The SMILES string of the molecule is CC[C@H](C(=O)NCc1ccc(OC)cc1)N(c1cc([N+](=O)[O-])ccc1C)S(C)(=O)=O. The van der Waals surface area contributed by atoms with E-state index in [1.54, 1.807) is 45.2 Å². The molecule has 162 valence electrons. The highest BCUT2D eigenvalue weighted by Gasteiger charge is 2.33. The van der Waals surface area contributed by atoms with Crippen LogP contribution < -0.4 is 14.4 Å². The predicted molar refractivity (Wildman–Crippen MR) is 114 cm³/mol. The van der Waals surface area contributed by atoms with E-state index in [0.717, 1.165) is 16.1 Å². The maximum Gasteiger partial charge on any atom is 0.271 e. The highest BCUT2D eigenvalue weighted by atomic mass is 32.2. The molecule has 10 heteroatoms. The highest BCUT2D eigenvalue weighted by Crippen LogP contribution is 2.30. The number of anilines is 1. The van der Waals surface area contributed by atoms with Gasteiger partial charge in [-0.3, -0.25) is 19.2 Å². The summed E-state index contributed by atoms with van der Waals surface area (Å²) >= 11 is 0. The molecule has 1 amide bonds. The number of methoxy groups -OCH3 is 1. The van der Waals surface area contributed by atoms with Gasteiger partial charge in [0.2, 0.25) is 15.9 Å². The third-order valence-electron chi connectivity index (χ3n) is 4.60. The molecule has 0 spiro atoms. The number of benzene rings is 2. The topological polar surface area (TPSA) is 119 Å². The quantitative estimate of drug-likeness (QED) is 0.478.